The maximum absolute atomic E-state index is 13.1. The molecule has 3 unspecified atom stereocenters. The van der Waals surface area contributed by atoms with Gasteiger partial charge in [0, 0.05) is 5.92 Å². The SMILES string of the molecule is CC(C)(C)CC(NC(=O)C1CCCC(C(=O)O)C1)C(F)(F)F. The molecule has 3 atom stereocenters. The van der Waals surface area contributed by atoms with Crippen LogP contribution in [0.4, 0.5) is 13.2 Å². The number of halogens is 3. The van der Waals surface area contributed by atoms with E-state index in [1.54, 1.807) is 20.8 Å². The molecule has 1 amide bonds. The molecule has 1 rings (SSSR count). The molecule has 22 heavy (non-hydrogen) atoms. The minimum atomic E-state index is -4.51. The van der Waals surface area contributed by atoms with E-state index in [2.05, 4.69) is 5.32 Å². The molecule has 2 N–H and O–H groups in total. The highest BCUT2D eigenvalue weighted by Crippen LogP contribution is 2.33. The molecule has 128 valence electrons. The van der Waals surface area contributed by atoms with Crippen LogP contribution in [-0.4, -0.2) is 29.2 Å². The smallest absolute Gasteiger partial charge is 0.408 e. The van der Waals surface area contributed by atoms with Crippen LogP contribution in [0.3, 0.4) is 0 Å². The lowest BCUT2D eigenvalue weighted by molar-refractivity contribution is -0.168. The molecule has 0 aliphatic heterocycles. The van der Waals surface area contributed by atoms with Gasteiger partial charge in [0.1, 0.15) is 6.04 Å². The highest BCUT2D eigenvalue weighted by Gasteiger charge is 2.43. The maximum Gasteiger partial charge on any atom is 0.408 e. The van der Waals surface area contributed by atoms with Gasteiger partial charge in [0.15, 0.2) is 0 Å². The number of hydrogen-bond acceptors (Lipinski definition) is 2. The van der Waals surface area contributed by atoms with Crippen LogP contribution in [0.25, 0.3) is 0 Å². The Hall–Kier alpha value is -1.27. The molecule has 1 aliphatic carbocycles. The lowest BCUT2D eigenvalue weighted by Crippen LogP contribution is -2.49. The van der Waals surface area contributed by atoms with E-state index in [9.17, 15) is 22.8 Å². The van der Waals surface area contributed by atoms with Crippen molar-refractivity contribution in [3.05, 3.63) is 0 Å². The van der Waals surface area contributed by atoms with Gasteiger partial charge in [-0.3, -0.25) is 9.59 Å². The van der Waals surface area contributed by atoms with Crippen molar-refractivity contribution >= 4 is 11.9 Å². The van der Waals surface area contributed by atoms with Crippen LogP contribution in [-0.2, 0) is 9.59 Å². The van der Waals surface area contributed by atoms with Crippen molar-refractivity contribution in [2.45, 2.75) is 65.1 Å². The molecule has 0 aromatic heterocycles. The van der Waals surface area contributed by atoms with E-state index in [0.29, 0.717) is 19.3 Å². The second-order valence-corrected chi connectivity index (χ2v) is 7.27. The van der Waals surface area contributed by atoms with Gasteiger partial charge in [0.05, 0.1) is 5.92 Å². The van der Waals surface area contributed by atoms with Crippen LogP contribution in [0.5, 0.6) is 0 Å². The molecule has 1 aliphatic rings. The molecule has 7 heteroatoms. The molecule has 0 bridgehead atoms. The Balaban J connectivity index is 2.72. The minimum Gasteiger partial charge on any atom is -0.481 e. The fourth-order valence-corrected chi connectivity index (χ4v) is 2.80. The Morgan fingerprint density at radius 1 is 1.18 bits per heavy atom. The largest absolute Gasteiger partial charge is 0.481 e. The van der Waals surface area contributed by atoms with E-state index >= 15 is 0 Å². The van der Waals surface area contributed by atoms with Crippen molar-refractivity contribution in [3.8, 4) is 0 Å². The average Bonchev–Trinajstić information content (AvgIpc) is 2.35. The lowest BCUT2D eigenvalue weighted by Gasteiger charge is -2.31. The Bertz CT molecular complexity index is 415. The summed E-state index contributed by atoms with van der Waals surface area (Å²) >= 11 is 0. The maximum atomic E-state index is 13.1. The highest BCUT2D eigenvalue weighted by molar-refractivity contribution is 5.80. The van der Waals surface area contributed by atoms with Crippen molar-refractivity contribution in [3.63, 3.8) is 0 Å². The van der Waals surface area contributed by atoms with E-state index < -0.39 is 41.3 Å². The second kappa shape index (κ2) is 6.87. The summed E-state index contributed by atoms with van der Waals surface area (Å²) in [6.45, 7) is 5.04. The van der Waals surface area contributed by atoms with Crippen molar-refractivity contribution in [1.82, 2.24) is 5.32 Å². The molecular formula is C15H24F3NO3. The highest BCUT2D eigenvalue weighted by atomic mass is 19.4. The molecule has 0 aromatic rings. The zero-order valence-corrected chi connectivity index (χ0v) is 13.2. The van der Waals surface area contributed by atoms with Crippen LogP contribution < -0.4 is 5.32 Å². The van der Waals surface area contributed by atoms with Gasteiger partial charge in [-0.05, 0) is 31.1 Å². The number of carbonyl (C=O) groups excluding carboxylic acids is 1. The van der Waals surface area contributed by atoms with Gasteiger partial charge in [0.2, 0.25) is 5.91 Å². The molecule has 0 radical (unpaired) electrons. The van der Waals surface area contributed by atoms with Crippen molar-refractivity contribution in [2.75, 3.05) is 0 Å². The van der Waals surface area contributed by atoms with Crippen LogP contribution in [0.15, 0.2) is 0 Å². The summed E-state index contributed by atoms with van der Waals surface area (Å²) in [5.74, 6) is -2.96. The van der Waals surface area contributed by atoms with E-state index in [1.165, 1.54) is 0 Å². The Kier molecular flexibility index (Phi) is 5.87. The third-order valence-electron chi connectivity index (χ3n) is 3.92. The first-order valence-corrected chi connectivity index (χ1v) is 7.50. The number of amides is 1. The number of alkyl halides is 3. The number of carboxylic acid groups (broad SMARTS) is 1. The van der Waals surface area contributed by atoms with E-state index in [1.807, 2.05) is 0 Å². The molecule has 0 saturated heterocycles. The summed E-state index contributed by atoms with van der Waals surface area (Å²) in [7, 11) is 0. The van der Waals surface area contributed by atoms with Crippen LogP contribution >= 0.6 is 0 Å². The number of carbonyl (C=O) groups is 2. The number of nitrogens with one attached hydrogen (secondary N) is 1. The van der Waals surface area contributed by atoms with Gasteiger partial charge >= 0.3 is 12.1 Å². The fourth-order valence-electron chi connectivity index (χ4n) is 2.80. The third-order valence-corrected chi connectivity index (χ3v) is 3.92. The van der Waals surface area contributed by atoms with Crippen LogP contribution in [0.2, 0.25) is 0 Å². The summed E-state index contributed by atoms with van der Waals surface area (Å²) in [4.78, 5) is 23.1. The van der Waals surface area contributed by atoms with E-state index in [4.69, 9.17) is 5.11 Å². The number of hydrogen-bond donors (Lipinski definition) is 2. The monoisotopic (exact) mass is 323 g/mol. The Morgan fingerprint density at radius 2 is 1.73 bits per heavy atom. The summed E-state index contributed by atoms with van der Waals surface area (Å²) in [6.07, 6.45) is -3.15. The van der Waals surface area contributed by atoms with Gasteiger partial charge in [-0.2, -0.15) is 13.2 Å². The normalized spacial score (nSPS) is 24.6. The summed E-state index contributed by atoms with van der Waals surface area (Å²) in [5, 5.41) is 11.1. The second-order valence-electron chi connectivity index (χ2n) is 7.27. The molecule has 1 fully saturated rings. The zero-order valence-electron chi connectivity index (χ0n) is 13.2. The lowest BCUT2D eigenvalue weighted by atomic mass is 9.80. The minimum absolute atomic E-state index is 0.112. The van der Waals surface area contributed by atoms with Gasteiger partial charge in [-0.15, -0.1) is 0 Å². The van der Waals surface area contributed by atoms with Gasteiger partial charge in [-0.1, -0.05) is 27.2 Å². The summed E-state index contributed by atoms with van der Waals surface area (Å²) in [5.41, 5.74) is -0.580. The average molecular weight is 323 g/mol. The van der Waals surface area contributed by atoms with Crippen molar-refractivity contribution < 1.29 is 27.9 Å². The van der Waals surface area contributed by atoms with Gasteiger partial charge in [-0.25, -0.2) is 0 Å². The molecule has 4 nitrogen and oxygen atoms in total. The first-order valence-electron chi connectivity index (χ1n) is 7.50. The topological polar surface area (TPSA) is 66.4 Å². The van der Waals surface area contributed by atoms with Crippen molar-refractivity contribution in [1.29, 1.82) is 0 Å². The zero-order chi connectivity index (χ0) is 17.1. The van der Waals surface area contributed by atoms with E-state index in [-0.39, 0.29) is 12.8 Å². The van der Waals surface area contributed by atoms with Crippen LogP contribution in [0, 0.1) is 17.3 Å². The first-order chi connectivity index (χ1) is 9.90. The number of rotatable bonds is 4. The predicted octanol–water partition coefficient (Wildman–Crippen LogP) is 3.36. The van der Waals surface area contributed by atoms with Crippen LogP contribution in [0.1, 0.15) is 52.9 Å². The third kappa shape index (κ3) is 5.85. The van der Waals surface area contributed by atoms with Crippen molar-refractivity contribution in [2.24, 2.45) is 17.3 Å². The molecule has 0 aromatic carbocycles. The molecule has 0 spiro atoms. The first kappa shape index (κ1) is 18.8. The Morgan fingerprint density at radius 3 is 2.18 bits per heavy atom. The van der Waals surface area contributed by atoms with Gasteiger partial charge < -0.3 is 10.4 Å². The van der Waals surface area contributed by atoms with E-state index in [0.717, 1.165) is 0 Å². The Labute approximate surface area is 128 Å². The molecular weight excluding hydrogens is 299 g/mol. The quantitative estimate of drug-likeness (QED) is 0.833. The number of carboxylic acids is 1. The fraction of sp³-hybridized carbons (Fsp3) is 0.867. The number of aliphatic carboxylic acids is 1. The van der Waals surface area contributed by atoms with Gasteiger partial charge in [0.25, 0.3) is 0 Å². The predicted molar refractivity (Wildman–Crippen MR) is 75.1 cm³/mol. The molecule has 1 saturated carbocycles. The summed E-state index contributed by atoms with van der Waals surface area (Å²) in [6, 6.07) is -1.90. The standard InChI is InChI=1S/C15H24F3NO3/c1-14(2,3)8-11(15(16,17)18)19-12(20)9-5-4-6-10(7-9)13(21)22/h9-11H,4-8H2,1-3H3,(H,19,20)(H,21,22). The molecule has 0 heterocycles. The summed E-state index contributed by atoms with van der Waals surface area (Å²) < 4.78 is 39.2.